The number of piperazine rings is 1. The first-order valence-electron chi connectivity index (χ1n) is 8.55. The van der Waals surface area contributed by atoms with Crippen LogP contribution in [0.5, 0.6) is 0 Å². The van der Waals surface area contributed by atoms with Crippen LogP contribution in [0.15, 0.2) is 0 Å². The van der Waals surface area contributed by atoms with Crippen LogP contribution in [-0.2, 0) is 15.0 Å². The van der Waals surface area contributed by atoms with Crippen molar-refractivity contribution < 1.29 is 28.4 Å². The summed E-state index contributed by atoms with van der Waals surface area (Å²) in [5.41, 5.74) is 4.40. The number of nitrogens with two attached hydrogens (primary N) is 1. The van der Waals surface area contributed by atoms with Crippen LogP contribution in [0.3, 0.4) is 0 Å². The Morgan fingerprint density at radius 1 is 1.40 bits per heavy atom. The minimum absolute atomic E-state index is 0.0357. The number of aliphatic carboxylic acids is 1. The molecule has 0 aromatic rings. The molecule has 3 aliphatic rings. The van der Waals surface area contributed by atoms with E-state index < -0.39 is 34.8 Å². The van der Waals surface area contributed by atoms with Gasteiger partial charge in [0.05, 0.1) is 0 Å². The molecule has 0 amide bonds. The summed E-state index contributed by atoms with van der Waals surface area (Å²) in [5.74, 6) is -1.80. The third-order valence-electron chi connectivity index (χ3n) is 5.49. The molecule has 3 rings (SSSR count). The average Bonchev–Trinajstić information content (AvgIpc) is 3.23. The molecule has 0 radical (unpaired) electrons. The molecule has 0 bridgehead atoms. The summed E-state index contributed by atoms with van der Waals surface area (Å²) < 4.78 is 28.6. The molecule has 6 N–H and O–H groups in total. The van der Waals surface area contributed by atoms with Gasteiger partial charge in [-0.1, -0.05) is 6.42 Å². The van der Waals surface area contributed by atoms with Gasteiger partial charge in [-0.2, -0.15) is 17.0 Å². The van der Waals surface area contributed by atoms with Crippen molar-refractivity contribution >= 4 is 23.3 Å². The van der Waals surface area contributed by atoms with Crippen molar-refractivity contribution in [1.82, 2.24) is 13.9 Å². The van der Waals surface area contributed by atoms with E-state index in [1.54, 1.807) is 0 Å². The van der Waals surface area contributed by atoms with Crippen LogP contribution in [0, 0.1) is 5.92 Å². The Balaban J connectivity index is 1.73. The van der Waals surface area contributed by atoms with Gasteiger partial charge in [0.2, 0.25) is 0 Å². The first-order valence-corrected chi connectivity index (χ1v) is 9.94. The first kappa shape index (κ1) is 19.0. The fraction of sp³-hybridized carbons (Fsp3) is 0.923. The number of hydrogen-bond donors (Lipinski definition) is 5. The molecule has 12 heteroatoms. The van der Waals surface area contributed by atoms with Gasteiger partial charge in [0, 0.05) is 44.2 Å². The topological polar surface area (TPSA) is 156 Å². The van der Waals surface area contributed by atoms with Crippen molar-refractivity contribution in [2.75, 3.05) is 26.2 Å². The molecular formula is C13H25BN4O6S. The van der Waals surface area contributed by atoms with E-state index in [9.17, 15) is 18.3 Å². The third kappa shape index (κ3) is 3.57. The average molecular weight is 376 g/mol. The Kier molecular flexibility index (Phi) is 5.14. The SMILES string of the molecule is N[C@@]1(C(=O)O)CN(S(=O)(=O)N2CCN[C@@H]3C[C@@H]32)C[C@@H]1CCCB(O)O. The van der Waals surface area contributed by atoms with E-state index in [-0.39, 0.29) is 31.5 Å². The van der Waals surface area contributed by atoms with Crippen LogP contribution in [-0.4, -0.2) is 89.1 Å². The molecule has 2 heterocycles. The number of carboxylic acid groups (broad SMARTS) is 1. The van der Waals surface area contributed by atoms with Crippen LogP contribution in [0.25, 0.3) is 0 Å². The lowest BCUT2D eigenvalue weighted by molar-refractivity contribution is -0.144. The predicted molar refractivity (Wildman–Crippen MR) is 89.7 cm³/mol. The smallest absolute Gasteiger partial charge is 0.451 e. The van der Waals surface area contributed by atoms with Crippen LogP contribution in [0.2, 0.25) is 6.32 Å². The fourth-order valence-corrected chi connectivity index (χ4v) is 5.83. The molecule has 0 aromatic carbocycles. The van der Waals surface area contributed by atoms with Gasteiger partial charge in [0.25, 0.3) is 10.2 Å². The predicted octanol–water partition coefficient (Wildman–Crippen LogP) is -2.76. The molecule has 10 nitrogen and oxygen atoms in total. The van der Waals surface area contributed by atoms with E-state index in [1.165, 1.54) is 8.61 Å². The Bertz CT molecular complexity index is 634. The number of hydrogen-bond acceptors (Lipinski definition) is 7. The van der Waals surface area contributed by atoms with Crippen molar-refractivity contribution in [3.05, 3.63) is 0 Å². The fourth-order valence-electron chi connectivity index (χ4n) is 3.89. The third-order valence-corrected chi connectivity index (χ3v) is 7.47. The zero-order chi connectivity index (χ0) is 18.4. The molecule has 0 unspecified atom stereocenters. The molecule has 25 heavy (non-hydrogen) atoms. The summed E-state index contributed by atoms with van der Waals surface area (Å²) in [6.07, 6.45) is 1.55. The highest BCUT2D eigenvalue weighted by atomic mass is 32.2. The number of carbonyl (C=O) groups is 1. The highest BCUT2D eigenvalue weighted by molar-refractivity contribution is 7.86. The van der Waals surface area contributed by atoms with E-state index in [4.69, 9.17) is 15.8 Å². The second-order valence-corrected chi connectivity index (χ2v) is 9.11. The van der Waals surface area contributed by atoms with Gasteiger partial charge in [-0.3, -0.25) is 4.79 Å². The maximum atomic E-state index is 13.0. The zero-order valence-electron chi connectivity index (χ0n) is 13.9. The van der Waals surface area contributed by atoms with E-state index in [1.807, 2.05) is 0 Å². The summed E-state index contributed by atoms with van der Waals surface area (Å²) >= 11 is 0. The molecule has 1 aliphatic carbocycles. The Morgan fingerprint density at radius 3 is 2.76 bits per heavy atom. The standard InChI is InChI=1S/C13H25BN4O6S/c15-13(12(19)20)8-17(7-9(13)2-1-3-14(21)22)25(23,24)18-5-4-16-10-6-11(10)18/h9-11,16,21-22H,1-8,15H2,(H,19,20)/t9-,10+,11-,13-/m0/s1. The Hall–Kier alpha value is -0.755. The van der Waals surface area contributed by atoms with Crippen molar-refractivity contribution in [2.45, 2.75) is 43.2 Å². The van der Waals surface area contributed by atoms with Gasteiger partial charge >= 0.3 is 13.1 Å². The molecule has 2 aliphatic heterocycles. The van der Waals surface area contributed by atoms with Gasteiger partial charge in [0.1, 0.15) is 5.54 Å². The van der Waals surface area contributed by atoms with Crippen molar-refractivity contribution in [3.63, 3.8) is 0 Å². The Morgan fingerprint density at radius 2 is 2.12 bits per heavy atom. The van der Waals surface area contributed by atoms with E-state index in [2.05, 4.69) is 5.32 Å². The quantitative estimate of drug-likeness (QED) is 0.299. The molecule has 0 spiro atoms. The summed E-state index contributed by atoms with van der Waals surface area (Å²) in [7, 11) is -5.23. The van der Waals surface area contributed by atoms with E-state index >= 15 is 0 Å². The second-order valence-electron chi connectivity index (χ2n) is 7.23. The number of fused-ring (bicyclic) bond motifs is 1. The lowest BCUT2D eigenvalue weighted by Gasteiger charge is -2.30. The number of nitrogens with zero attached hydrogens (tertiary/aromatic N) is 2. The highest BCUT2D eigenvalue weighted by Gasteiger charge is 2.56. The molecule has 1 saturated carbocycles. The van der Waals surface area contributed by atoms with Gasteiger partial charge in [-0.05, 0) is 19.2 Å². The van der Waals surface area contributed by atoms with Gasteiger partial charge in [-0.15, -0.1) is 0 Å². The van der Waals surface area contributed by atoms with Gasteiger partial charge < -0.3 is 26.2 Å². The molecule has 3 fully saturated rings. The number of nitrogens with one attached hydrogen (secondary N) is 1. The van der Waals surface area contributed by atoms with Crippen molar-refractivity contribution in [1.29, 1.82) is 0 Å². The first-order chi connectivity index (χ1) is 11.7. The number of rotatable bonds is 7. The molecular weight excluding hydrogens is 351 g/mol. The van der Waals surface area contributed by atoms with Crippen molar-refractivity contribution in [2.24, 2.45) is 11.7 Å². The molecule has 0 aromatic heterocycles. The monoisotopic (exact) mass is 376 g/mol. The molecule has 4 atom stereocenters. The van der Waals surface area contributed by atoms with Crippen LogP contribution in [0.1, 0.15) is 19.3 Å². The highest BCUT2D eigenvalue weighted by Crippen LogP contribution is 2.37. The zero-order valence-corrected chi connectivity index (χ0v) is 14.7. The normalized spacial score (nSPS) is 36.2. The largest absolute Gasteiger partial charge is 0.480 e. The molecule has 2 saturated heterocycles. The maximum absolute atomic E-state index is 13.0. The summed E-state index contributed by atoms with van der Waals surface area (Å²) in [4.78, 5) is 11.7. The van der Waals surface area contributed by atoms with E-state index in [0.717, 1.165) is 6.42 Å². The minimum Gasteiger partial charge on any atom is -0.480 e. The van der Waals surface area contributed by atoms with E-state index in [0.29, 0.717) is 25.9 Å². The second kappa shape index (κ2) is 6.76. The van der Waals surface area contributed by atoms with Gasteiger partial charge in [0.15, 0.2) is 0 Å². The maximum Gasteiger partial charge on any atom is 0.451 e. The van der Waals surface area contributed by atoms with Gasteiger partial charge in [-0.25, -0.2) is 0 Å². The lowest BCUT2D eigenvalue weighted by atomic mass is 9.78. The summed E-state index contributed by atoms with van der Waals surface area (Å²) in [6, 6.07) is 0.134. The summed E-state index contributed by atoms with van der Waals surface area (Å²) in [5, 5.41) is 30.7. The summed E-state index contributed by atoms with van der Waals surface area (Å²) in [6.45, 7) is 0.719. The lowest BCUT2D eigenvalue weighted by Crippen LogP contribution is -2.56. The minimum atomic E-state index is -3.76. The number of carboxylic acids is 1. The molecule has 142 valence electrons. The van der Waals surface area contributed by atoms with Crippen LogP contribution in [0.4, 0.5) is 0 Å². The van der Waals surface area contributed by atoms with Crippen LogP contribution >= 0.6 is 0 Å². The van der Waals surface area contributed by atoms with Crippen LogP contribution < -0.4 is 11.1 Å². The van der Waals surface area contributed by atoms with Crippen molar-refractivity contribution in [3.8, 4) is 0 Å². The Labute approximate surface area is 147 Å².